The van der Waals surface area contributed by atoms with Crippen LogP contribution in [0.3, 0.4) is 0 Å². The first-order valence-electron chi connectivity index (χ1n) is 6.51. The van der Waals surface area contributed by atoms with Crippen LogP contribution in [0.25, 0.3) is 0 Å². The number of benzene rings is 1. The van der Waals surface area contributed by atoms with Crippen molar-refractivity contribution < 1.29 is 8.42 Å². The molecule has 0 amide bonds. The minimum atomic E-state index is -3.52. The molecule has 19 heavy (non-hydrogen) atoms. The lowest BCUT2D eigenvalue weighted by Crippen LogP contribution is -2.34. The van der Waals surface area contributed by atoms with Crippen LogP contribution in [-0.4, -0.2) is 25.3 Å². The van der Waals surface area contributed by atoms with Gasteiger partial charge in [-0.25, -0.2) is 8.42 Å². The molecular formula is C13H19ClN2O2S. The lowest BCUT2D eigenvalue weighted by atomic mass is 10.2. The van der Waals surface area contributed by atoms with Gasteiger partial charge in [0.1, 0.15) is 4.90 Å². The van der Waals surface area contributed by atoms with E-state index in [1.165, 1.54) is 0 Å². The van der Waals surface area contributed by atoms with Crippen molar-refractivity contribution in [3.63, 3.8) is 0 Å². The van der Waals surface area contributed by atoms with Gasteiger partial charge in [0.05, 0.1) is 5.02 Å². The maximum Gasteiger partial charge on any atom is 0.244 e. The highest BCUT2D eigenvalue weighted by Crippen LogP contribution is 2.34. The van der Waals surface area contributed by atoms with Gasteiger partial charge < -0.3 is 5.73 Å². The van der Waals surface area contributed by atoms with Gasteiger partial charge in [0.15, 0.2) is 0 Å². The van der Waals surface area contributed by atoms with Crippen molar-refractivity contribution in [2.75, 3.05) is 6.54 Å². The molecule has 1 saturated carbocycles. The van der Waals surface area contributed by atoms with Crippen LogP contribution in [0.5, 0.6) is 0 Å². The van der Waals surface area contributed by atoms with Gasteiger partial charge in [0, 0.05) is 19.1 Å². The summed E-state index contributed by atoms with van der Waals surface area (Å²) in [7, 11) is -3.52. The molecule has 1 aromatic carbocycles. The maximum absolute atomic E-state index is 12.7. The molecule has 0 aliphatic heterocycles. The van der Waals surface area contributed by atoms with Crippen LogP contribution >= 0.6 is 11.6 Å². The van der Waals surface area contributed by atoms with Crippen molar-refractivity contribution in [1.82, 2.24) is 4.31 Å². The minimum Gasteiger partial charge on any atom is -0.326 e. The highest BCUT2D eigenvalue weighted by Gasteiger charge is 2.38. The molecule has 1 aliphatic carbocycles. The van der Waals surface area contributed by atoms with Gasteiger partial charge in [0.25, 0.3) is 0 Å². The molecule has 0 heterocycles. The van der Waals surface area contributed by atoms with Crippen LogP contribution in [0, 0.1) is 0 Å². The van der Waals surface area contributed by atoms with E-state index in [1.807, 2.05) is 6.92 Å². The normalized spacial score (nSPS) is 16.0. The molecule has 0 atom stereocenters. The summed E-state index contributed by atoms with van der Waals surface area (Å²) in [5.74, 6) is 0. The highest BCUT2D eigenvalue weighted by molar-refractivity contribution is 7.89. The molecule has 6 heteroatoms. The number of nitrogens with two attached hydrogens (primary N) is 1. The van der Waals surface area contributed by atoms with Crippen LogP contribution in [-0.2, 0) is 16.6 Å². The quantitative estimate of drug-likeness (QED) is 0.877. The second-order valence-electron chi connectivity index (χ2n) is 4.82. The van der Waals surface area contributed by atoms with Gasteiger partial charge in [-0.3, -0.25) is 0 Å². The molecular weight excluding hydrogens is 284 g/mol. The topological polar surface area (TPSA) is 63.4 Å². The molecule has 1 fully saturated rings. The van der Waals surface area contributed by atoms with Crippen LogP contribution in [0.15, 0.2) is 23.1 Å². The van der Waals surface area contributed by atoms with Crippen molar-refractivity contribution in [3.05, 3.63) is 28.8 Å². The first-order chi connectivity index (χ1) is 9.00. The van der Waals surface area contributed by atoms with Crippen LogP contribution in [0.2, 0.25) is 5.02 Å². The number of halogens is 1. The highest BCUT2D eigenvalue weighted by atomic mass is 35.5. The van der Waals surface area contributed by atoms with Crippen molar-refractivity contribution in [2.24, 2.45) is 5.73 Å². The smallest absolute Gasteiger partial charge is 0.244 e. The number of rotatable bonds is 6. The Kier molecular flexibility index (Phi) is 4.50. The molecule has 0 saturated heterocycles. The number of nitrogens with zero attached hydrogens (tertiary/aromatic N) is 1. The van der Waals surface area contributed by atoms with Crippen LogP contribution in [0.1, 0.15) is 31.7 Å². The van der Waals surface area contributed by atoms with Gasteiger partial charge in [-0.2, -0.15) is 4.31 Å². The zero-order valence-corrected chi connectivity index (χ0v) is 12.5. The minimum absolute atomic E-state index is 0.141. The second kappa shape index (κ2) is 5.79. The predicted octanol–water partition coefficient (Wildman–Crippen LogP) is 2.36. The Morgan fingerprint density at radius 3 is 2.63 bits per heavy atom. The lowest BCUT2D eigenvalue weighted by Gasteiger charge is -2.22. The van der Waals surface area contributed by atoms with Crippen LogP contribution in [0.4, 0.5) is 0 Å². The Labute approximate surface area is 119 Å². The van der Waals surface area contributed by atoms with E-state index in [-0.39, 0.29) is 16.0 Å². The molecule has 1 aliphatic rings. The summed E-state index contributed by atoms with van der Waals surface area (Å²) >= 11 is 6.06. The fourth-order valence-corrected chi connectivity index (χ4v) is 4.38. The summed E-state index contributed by atoms with van der Waals surface area (Å²) in [4.78, 5) is 0.178. The van der Waals surface area contributed by atoms with E-state index in [0.717, 1.165) is 24.8 Å². The fraction of sp³-hybridized carbons (Fsp3) is 0.538. The number of hydrogen-bond acceptors (Lipinski definition) is 3. The van der Waals surface area contributed by atoms with E-state index in [1.54, 1.807) is 22.5 Å². The molecule has 0 aromatic heterocycles. The average molecular weight is 303 g/mol. The van der Waals surface area contributed by atoms with E-state index in [9.17, 15) is 8.42 Å². The van der Waals surface area contributed by atoms with Crippen molar-refractivity contribution in [3.8, 4) is 0 Å². The van der Waals surface area contributed by atoms with Gasteiger partial charge in [-0.05, 0) is 37.0 Å². The summed E-state index contributed by atoms with van der Waals surface area (Å²) in [6, 6.07) is 5.08. The molecule has 0 unspecified atom stereocenters. The molecule has 2 N–H and O–H groups in total. The largest absolute Gasteiger partial charge is 0.326 e. The Morgan fingerprint density at radius 1 is 1.42 bits per heavy atom. The summed E-state index contributed by atoms with van der Waals surface area (Å²) in [6.07, 6.45) is 2.67. The maximum atomic E-state index is 12.7. The zero-order chi connectivity index (χ0) is 14.0. The summed E-state index contributed by atoms with van der Waals surface area (Å²) in [5.41, 5.74) is 6.34. The third kappa shape index (κ3) is 3.11. The first-order valence-corrected chi connectivity index (χ1v) is 8.32. The molecule has 2 rings (SSSR count). The Hall–Kier alpha value is -0.620. The van der Waals surface area contributed by atoms with Gasteiger partial charge in [-0.1, -0.05) is 24.6 Å². The van der Waals surface area contributed by atoms with Crippen molar-refractivity contribution in [2.45, 2.75) is 43.7 Å². The molecule has 0 spiro atoms. The molecule has 1 aromatic rings. The standard InChI is InChI=1S/C13H19ClN2O2S/c1-2-7-16(11-4-5-11)19(17,18)13-8-10(9-15)3-6-12(13)14/h3,6,8,11H,2,4-5,7,9,15H2,1H3. The first kappa shape index (κ1) is 14.8. The van der Waals surface area contributed by atoms with Gasteiger partial charge in [-0.15, -0.1) is 0 Å². The number of hydrogen-bond donors (Lipinski definition) is 1. The summed E-state index contributed by atoms with van der Waals surface area (Å²) in [6.45, 7) is 2.82. The Bertz CT molecular complexity index is 556. The molecule has 0 radical (unpaired) electrons. The lowest BCUT2D eigenvalue weighted by molar-refractivity contribution is 0.403. The van der Waals surface area contributed by atoms with E-state index in [2.05, 4.69) is 0 Å². The zero-order valence-electron chi connectivity index (χ0n) is 11.0. The van der Waals surface area contributed by atoms with E-state index >= 15 is 0 Å². The fourth-order valence-electron chi connectivity index (χ4n) is 2.08. The monoisotopic (exact) mass is 302 g/mol. The van der Waals surface area contributed by atoms with Gasteiger partial charge in [0.2, 0.25) is 10.0 Å². The predicted molar refractivity (Wildman–Crippen MR) is 76.5 cm³/mol. The van der Waals surface area contributed by atoms with Crippen molar-refractivity contribution in [1.29, 1.82) is 0 Å². The van der Waals surface area contributed by atoms with Crippen molar-refractivity contribution >= 4 is 21.6 Å². The number of sulfonamides is 1. The third-order valence-electron chi connectivity index (χ3n) is 3.22. The van der Waals surface area contributed by atoms with E-state index in [0.29, 0.717) is 13.1 Å². The molecule has 4 nitrogen and oxygen atoms in total. The van der Waals surface area contributed by atoms with Crippen LogP contribution < -0.4 is 5.73 Å². The molecule has 0 bridgehead atoms. The SMILES string of the molecule is CCCN(C1CC1)S(=O)(=O)c1cc(CN)ccc1Cl. The third-order valence-corrected chi connectivity index (χ3v) is 5.65. The second-order valence-corrected chi connectivity index (χ2v) is 7.08. The van der Waals surface area contributed by atoms with E-state index < -0.39 is 10.0 Å². The van der Waals surface area contributed by atoms with Gasteiger partial charge >= 0.3 is 0 Å². The summed E-state index contributed by atoms with van der Waals surface area (Å²) < 4.78 is 27.0. The molecule has 106 valence electrons. The average Bonchev–Trinajstić information content (AvgIpc) is 3.20. The Balaban J connectivity index is 2.42. The van der Waals surface area contributed by atoms with E-state index in [4.69, 9.17) is 17.3 Å². The Morgan fingerprint density at radius 2 is 2.11 bits per heavy atom. The summed E-state index contributed by atoms with van der Waals surface area (Å²) in [5, 5.41) is 0.263.